The van der Waals surface area contributed by atoms with Gasteiger partial charge in [-0.15, -0.1) is 0 Å². The van der Waals surface area contributed by atoms with Gasteiger partial charge < -0.3 is 19.8 Å². The molecule has 9 rings (SSSR count). The number of hydrogen-bond acceptors (Lipinski definition) is 9. The summed E-state index contributed by atoms with van der Waals surface area (Å²) in [5.41, 5.74) is 9.07. The van der Waals surface area contributed by atoms with Crippen molar-refractivity contribution >= 4 is 29.2 Å². The van der Waals surface area contributed by atoms with Crippen molar-refractivity contribution in [3.05, 3.63) is 107 Å². The molecule has 0 aliphatic carbocycles. The molecule has 4 aliphatic heterocycles. The number of piperazine rings is 1. The zero-order valence-corrected chi connectivity index (χ0v) is 32.9. The molecular formula is C45H49FN8O4. The van der Waals surface area contributed by atoms with Crippen molar-refractivity contribution in [2.45, 2.75) is 57.5 Å². The number of carbonyl (C=O) groups is 3. The second kappa shape index (κ2) is 16.0. The summed E-state index contributed by atoms with van der Waals surface area (Å²) in [6.07, 6.45) is 3.02. The summed E-state index contributed by atoms with van der Waals surface area (Å²) in [4.78, 5) is 51.7. The number of piperidine rings is 2. The fourth-order valence-corrected chi connectivity index (χ4v) is 9.42. The lowest BCUT2D eigenvalue weighted by Crippen LogP contribution is -2.52. The van der Waals surface area contributed by atoms with Gasteiger partial charge in [-0.05, 0) is 92.1 Å². The minimum absolute atomic E-state index is 0.111. The van der Waals surface area contributed by atoms with E-state index in [1.165, 1.54) is 16.5 Å². The number of aliphatic hydroxyl groups is 1. The first kappa shape index (κ1) is 38.0. The van der Waals surface area contributed by atoms with Crippen molar-refractivity contribution in [1.82, 2.24) is 34.6 Å². The second-order valence-corrected chi connectivity index (χ2v) is 16.1. The Hall–Kier alpha value is -5.50. The van der Waals surface area contributed by atoms with Crippen LogP contribution in [-0.4, -0.2) is 117 Å². The number of aliphatic hydroxyl groups excluding tert-OH is 1. The largest absolute Gasteiger partial charge is 0.395 e. The monoisotopic (exact) mass is 784 g/mol. The second-order valence-electron chi connectivity index (χ2n) is 16.1. The van der Waals surface area contributed by atoms with E-state index >= 15 is 0 Å². The summed E-state index contributed by atoms with van der Waals surface area (Å²) >= 11 is 0. The van der Waals surface area contributed by atoms with Crippen molar-refractivity contribution in [1.29, 1.82) is 0 Å². The van der Waals surface area contributed by atoms with Crippen molar-refractivity contribution in [3.63, 3.8) is 0 Å². The zero-order valence-electron chi connectivity index (χ0n) is 32.9. The fourth-order valence-electron chi connectivity index (χ4n) is 9.42. The van der Waals surface area contributed by atoms with Gasteiger partial charge >= 0.3 is 0 Å². The molecule has 5 aromatic rings. The maximum absolute atomic E-state index is 15.0. The molecule has 0 radical (unpaired) electrons. The highest BCUT2D eigenvalue weighted by Gasteiger charge is 2.41. The molecule has 3 saturated heterocycles. The molecule has 13 heteroatoms. The number of aryl methyl sites for hydroxylation is 1. The number of anilines is 1. The van der Waals surface area contributed by atoms with E-state index in [-0.39, 0.29) is 43.7 Å². The molecule has 3 fully saturated rings. The first-order chi connectivity index (χ1) is 28.2. The topological polar surface area (TPSA) is 127 Å². The van der Waals surface area contributed by atoms with Gasteiger partial charge in [-0.25, -0.2) is 9.37 Å². The summed E-state index contributed by atoms with van der Waals surface area (Å²) in [6.45, 7) is 9.13. The van der Waals surface area contributed by atoms with Gasteiger partial charge in [-0.1, -0.05) is 48.5 Å². The molecule has 2 N–H and O–H groups in total. The number of aromatic nitrogens is 3. The standard InChI is InChI=1S/C45H49FN8O4/c1-29-42(32-7-3-2-4-8-32)43-47-38(27-41(54(43)49-29)52-20-18-51(19-21-52)22-23-55)33-9-5-6-30(24-33)12-15-50-16-13-31(14-17-50)35-25-34(46)26-36-37(35)28-53(45(36)58)39-10-11-40(56)48-44(39)57/h2-9,24-27,31,39,55H,10-23,28H2,1H3,(H,48,56,57). The SMILES string of the molecule is Cc1nn2c(N3CCN(CCO)CC3)cc(-c3cccc(CCN4CCC(c5cc(F)cc6c5CN(C5CCC(=O)NC5=O)C6=O)CC4)c3)nc2c1-c1ccccc1. The molecule has 4 aliphatic rings. The Bertz CT molecular complexity index is 2370. The van der Waals surface area contributed by atoms with Crippen LogP contribution in [0.3, 0.4) is 0 Å². The van der Waals surface area contributed by atoms with E-state index in [1.54, 1.807) is 6.07 Å². The van der Waals surface area contributed by atoms with E-state index in [2.05, 4.69) is 62.5 Å². The molecule has 300 valence electrons. The summed E-state index contributed by atoms with van der Waals surface area (Å²) in [7, 11) is 0. The van der Waals surface area contributed by atoms with Gasteiger partial charge in [0.25, 0.3) is 5.91 Å². The molecule has 58 heavy (non-hydrogen) atoms. The Balaban J connectivity index is 0.905. The van der Waals surface area contributed by atoms with Crippen LogP contribution >= 0.6 is 0 Å². The number of β-amino-alcohol motifs (C(OH)–C–C–N with tert-alkyl or cyclic N) is 1. The molecule has 2 aromatic heterocycles. The minimum atomic E-state index is -0.726. The van der Waals surface area contributed by atoms with E-state index < -0.39 is 17.8 Å². The van der Waals surface area contributed by atoms with Gasteiger partial charge in [0.2, 0.25) is 11.8 Å². The fraction of sp³-hybridized carbons (Fsp3) is 0.400. The number of rotatable bonds is 10. The maximum atomic E-state index is 15.0. The third kappa shape index (κ3) is 7.38. The Morgan fingerprint density at radius 2 is 1.60 bits per heavy atom. The van der Waals surface area contributed by atoms with Gasteiger partial charge in [-0.3, -0.25) is 24.6 Å². The van der Waals surface area contributed by atoms with Gasteiger partial charge in [0.15, 0.2) is 5.65 Å². The van der Waals surface area contributed by atoms with Crippen LogP contribution in [0.2, 0.25) is 0 Å². The number of hydrogen-bond donors (Lipinski definition) is 2. The van der Waals surface area contributed by atoms with Crippen molar-refractivity contribution in [2.75, 3.05) is 63.9 Å². The Morgan fingerprint density at radius 3 is 2.36 bits per heavy atom. The number of amides is 3. The van der Waals surface area contributed by atoms with E-state index in [1.807, 2.05) is 29.6 Å². The molecule has 0 saturated carbocycles. The normalized spacial score (nSPS) is 19.6. The lowest BCUT2D eigenvalue weighted by Gasteiger charge is -2.35. The number of nitrogens with one attached hydrogen (secondary N) is 1. The summed E-state index contributed by atoms with van der Waals surface area (Å²) < 4.78 is 17.0. The zero-order chi connectivity index (χ0) is 39.9. The van der Waals surface area contributed by atoms with E-state index in [4.69, 9.17) is 10.1 Å². The number of carbonyl (C=O) groups excluding carboxylic acids is 3. The lowest BCUT2D eigenvalue weighted by atomic mass is 9.85. The van der Waals surface area contributed by atoms with Crippen LogP contribution < -0.4 is 10.2 Å². The van der Waals surface area contributed by atoms with Gasteiger partial charge in [0, 0.05) is 75.0 Å². The third-order valence-corrected chi connectivity index (χ3v) is 12.5. The van der Waals surface area contributed by atoms with Crippen LogP contribution in [0, 0.1) is 12.7 Å². The molecular weight excluding hydrogens is 736 g/mol. The smallest absolute Gasteiger partial charge is 0.255 e. The minimum Gasteiger partial charge on any atom is -0.395 e. The number of benzene rings is 3. The van der Waals surface area contributed by atoms with E-state index in [0.717, 1.165) is 116 Å². The van der Waals surface area contributed by atoms with Crippen LogP contribution in [0.4, 0.5) is 10.2 Å². The summed E-state index contributed by atoms with van der Waals surface area (Å²) in [6, 6.07) is 23.3. The number of imide groups is 1. The molecule has 1 unspecified atom stereocenters. The number of halogens is 1. The van der Waals surface area contributed by atoms with Crippen LogP contribution in [0.25, 0.3) is 28.0 Å². The van der Waals surface area contributed by atoms with Gasteiger partial charge in [-0.2, -0.15) is 9.61 Å². The molecule has 0 bridgehead atoms. The highest BCUT2D eigenvalue weighted by Crippen LogP contribution is 2.38. The molecule has 1 atom stereocenters. The van der Waals surface area contributed by atoms with Gasteiger partial charge in [0.1, 0.15) is 17.7 Å². The Morgan fingerprint density at radius 1 is 0.845 bits per heavy atom. The van der Waals surface area contributed by atoms with Crippen molar-refractivity contribution in [2.24, 2.45) is 0 Å². The van der Waals surface area contributed by atoms with Crippen molar-refractivity contribution < 1.29 is 23.9 Å². The Kier molecular flexibility index (Phi) is 10.5. The first-order valence-corrected chi connectivity index (χ1v) is 20.6. The van der Waals surface area contributed by atoms with E-state index in [0.29, 0.717) is 12.1 Å². The molecule has 0 spiro atoms. The average molecular weight is 785 g/mol. The van der Waals surface area contributed by atoms with Crippen LogP contribution in [0.5, 0.6) is 0 Å². The van der Waals surface area contributed by atoms with Gasteiger partial charge in [0.05, 0.1) is 18.0 Å². The number of likely N-dealkylation sites (tertiary alicyclic amines) is 1. The number of nitrogens with zero attached hydrogens (tertiary/aromatic N) is 7. The molecule has 3 aromatic carbocycles. The highest BCUT2D eigenvalue weighted by atomic mass is 19.1. The predicted octanol–water partition coefficient (Wildman–Crippen LogP) is 4.81. The van der Waals surface area contributed by atoms with Crippen LogP contribution in [0.15, 0.2) is 72.8 Å². The molecule has 3 amide bonds. The maximum Gasteiger partial charge on any atom is 0.255 e. The molecule has 12 nitrogen and oxygen atoms in total. The average Bonchev–Trinajstić information content (AvgIpc) is 3.75. The van der Waals surface area contributed by atoms with Crippen LogP contribution in [-0.2, 0) is 22.6 Å². The van der Waals surface area contributed by atoms with Crippen LogP contribution in [0.1, 0.15) is 64.3 Å². The Labute approximate surface area is 337 Å². The first-order valence-electron chi connectivity index (χ1n) is 20.6. The van der Waals surface area contributed by atoms with E-state index in [9.17, 15) is 23.9 Å². The third-order valence-electron chi connectivity index (χ3n) is 12.5. The lowest BCUT2D eigenvalue weighted by molar-refractivity contribution is -0.136. The summed E-state index contributed by atoms with van der Waals surface area (Å²) in [5, 5.41) is 16.9. The quantitative estimate of drug-likeness (QED) is 0.192. The highest BCUT2D eigenvalue weighted by molar-refractivity contribution is 6.05. The van der Waals surface area contributed by atoms with Crippen molar-refractivity contribution in [3.8, 4) is 22.4 Å². The molecule has 6 heterocycles. The summed E-state index contributed by atoms with van der Waals surface area (Å²) in [5.74, 6) is -0.446. The number of fused-ring (bicyclic) bond motifs is 2. The predicted molar refractivity (Wildman–Crippen MR) is 219 cm³/mol.